The monoisotopic (exact) mass is 268 g/mol. The second-order valence-corrected chi connectivity index (χ2v) is 6.67. The third-order valence-corrected chi connectivity index (χ3v) is 4.87. The Bertz CT molecular complexity index is 315. The van der Waals surface area contributed by atoms with Crippen molar-refractivity contribution >= 4 is 5.97 Å². The lowest BCUT2D eigenvalue weighted by Crippen LogP contribution is -2.25. The molecule has 3 nitrogen and oxygen atoms in total. The van der Waals surface area contributed by atoms with Gasteiger partial charge in [-0.05, 0) is 37.0 Å². The lowest BCUT2D eigenvalue weighted by molar-refractivity contribution is -0.148. The van der Waals surface area contributed by atoms with Crippen LogP contribution in [0.3, 0.4) is 0 Å². The Labute approximate surface area is 117 Å². The highest BCUT2D eigenvalue weighted by molar-refractivity contribution is 5.70. The minimum atomic E-state index is -0.0170. The second-order valence-electron chi connectivity index (χ2n) is 6.67. The summed E-state index contributed by atoms with van der Waals surface area (Å²) >= 11 is 0. The topological polar surface area (TPSA) is 38.8 Å². The summed E-state index contributed by atoms with van der Waals surface area (Å²) in [7, 11) is 0. The first kappa shape index (κ1) is 14.8. The van der Waals surface area contributed by atoms with Crippen LogP contribution in [0.15, 0.2) is 0 Å². The highest BCUT2D eigenvalue weighted by Crippen LogP contribution is 2.39. The molecule has 2 rings (SSSR count). The number of carbonyl (C=O) groups excluding carboxylic acids is 1. The van der Waals surface area contributed by atoms with Crippen LogP contribution in [0.2, 0.25) is 0 Å². The van der Waals surface area contributed by atoms with E-state index < -0.39 is 0 Å². The molecule has 1 saturated heterocycles. The normalized spacial score (nSPS) is 32.3. The van der Waals surface area contributed by atoms with Gasteiger partial charge in [-0.2, -0.15) is 0 Å². The van der Waals surface area contributed by atoms with Gasteiger partial charge < -0.3 is 9.47 Å². The molecule has 4 atom stereocenters. The molecule has 0 radical (unpaired) electrons. The second kappa shape index (κ2) is 6.25. The zero-order valence-electron chi connectivity index (χ0n) is 12.6. The maximum Gasteiger partial charge on any atom is 0.306 e. The number of hydrogen-bond donors (Lipinski definition) is 0. The molecule has 3 heteroatoms. The van der Waals surface area contributed by atoms with E-state index in [-0.39, 0.29) is 11.4 Å². The summed E-state index contributed by atoms with van der Waals surface area (Å²) in [5, 5.41) is 0. The molecule has 2 fully saturated rings. The third kappa shape index (κ3) is 4.20. The van der Waals surface area contributed by atoms with Crippen LogP contribution in [0.25, 0.3) is 0 Å². The van der Waals surface area contributed by atoms with E-state index in [0.29, 0.717) is 31.2 Å². The Morgan fingerprint density at radius 1 is 1.32 bits per heavy atom. The van der Waals surface area contributed by atoms with Gasteiger partial charge in [0.05, 0.1) is 25.2 Å². The smallest absolute Gasteiger partial charge is 0.306 e. The van der Waals surface area contributed by atoms with E-state index in [9.17, 15) is 4.79 Å². The Morgan fingerprint density at radius 2 is 2.11 bits per heavy atom. The summed E-state index contributed by atoms with van der Waals surface area (Å²) in [6.07, 6.45) is 8.20. The zero-order chi connectivity index (χ0) is 13.9. The maximum atomic E-state index is 12.0. The molecule has 1 heterocycles. The van der Waals surface area contributed by atoms with Crippen molar-refractivity contribution in [3.8, 4) is 0 Å². The van der Waals surface area contributed by atoms with Gasteiger partial charge in [-0.25, -0.2) is 0 Å². The maximum absolute atomic E-state index is 12.0. The minimum Gasteiger partial charge on any atom is -0.465 e. The van der Waals surface area contributed by atoms with Crippen LogP contribution in [0.1, 0.15) is 65.7 Å². The molecule has 0 aromatic heterocycles. The van der Waals surface area contributed by atoms with Gasteiger partial charge in [0.25, 0.3) is 0 Å². The van der Waals surface area contributed by atoms with Crippen LogP contribution in [-0.2, 0) is 14.3 Å². The molecule has 0 spiro atoms. The molecule has 19 heavy (non-hydrogen) atoms. The van der Waals surface area contributed by atoms with Crippen molar-refractivity contribution in [2.24, 2.45) is 11.3 Å². The van der Waals surface area contributed by atoms with E-state index in [1.807, 2.05) is 0 Å². The fourth-order valence-electron chi connectivity index (χ4n) is 3.24. The Balaban J connectivity index is 1.68. The number of rotatable bonds is 7. The quantitative estimate of drug-likeness (QED) is 0.522. The first-order valence-electron chi connectivity index (χ1n) is 7.87. The van der Waals surface area contributed by atoms with Gasteiger partial charge >= 0.3 is 5.97 Å². The van der Waals surface area contributed by atoms with E-state index in [1.54, 1.807) is 0 Å². The average Bonchev–Trinajstić information content (AvgIpc) is 3.15. The zero-order valence-corrected chi connectivity index (χ0v) is 12.6. The summed E-state index contributed by atoms with van der Waals surface area (Å²) in [5.74, 6) is 0.503. The van der Waals surface area contributed by atoms with Crippen molar-refractivity contribution in [2.75, 3.05) is 6.61 Å². The van der Waals surface area contributed by atoms with Gasteiger partial charge in [0, 0.05) is 0 Å². The molecule has 0 N–H and O–H groups in total. The van der Waals surface area contributed by atoms with Crippen LogP contribution in [-0.4, -0.2) is 24.8 Å². The van der Waals surface area contributed by atoms with Crippen LogP contribution < -0.4 is 0 Å². The first-order chi connectivity index (χ1) is 9.06. The highest BCUT2D eigenvalue weighted by Gasteiger charge is 2.44. The van der Waals surface area contributed by atoms with Crippen molar-refractivity contribution in [3.05, 3.63) is 0 Å². The summed E-state index contributed by atoms with van der Waals surface area (Å²) in [6, 6.07) is 0. The van der Waals surface area contributed by atoms with Gasteiger partial charge in [-0.1, -0.05) is 33.6 Å². The summed E-state index contributed by atoms with van der Waals surface area (Å²) in [4.78, 5) is 12.0. The number of epoxide rings is 1. The lowest BCUT2D eigenvalue weighted by Gasteiger charge is -2.27. The number of ether oxygens (including phenoxy) is 2. The van der Waals surface area contributed by atoms with Gasteiger partial charge in [0.15, 0.2) is 0 Å². The fraction of sp³-hybridized carbons (Fsp3) is 0.938. The van der Waals surface area contributed by atoms with Gasteiger partial charge in [0.2, 0.25) is 0 Å². The molecule has 1 saturated carbocycles. The summed E-state index contributed by atoms with van der Waals surface area (Å²) in [5.41, 5.74) is 0.114. The highest BCUT2D eigenvalue weighted by atomic mass is 16.6. The van der Waals surface area contributed by atoms with Crippen molar-refractivity contribution in [2.45, 2.75) is 77.9 Å². The molecular formula is C16H28O3. The molecule has 2 aliphatic rings. The summed E-state index contributed by atoms with van der Waals surface area (Å²) < 4.78 is 11.0. The average molecular weight is 268 g/mol. The fourth-order valence-corrected chi connectivity index (χ4v) is 3.24. The van der Waals surface area contributed by atoms with E-state index in [1.165, 1.54) is 0 Å². The van der Waals surface area contributed by atoms with Gasteiger partial charge in [0.1, 0.15) is 0 Å². The SMILES string of the molecule is CCCC(C)(CC)CC(=O)OCC1CCC2OC2C1. The van der Waals surface area contributed by atoms with Gasteiger partial charge in [-0.3, -0.25) is 4.79 Å². The Kier molecular flexibility index (Phi) is 4.88. The van der Waals surface area contributed by atoms with Crippen molar-refractivity contribution in [1.29, 1.82) is 0 Å². The molecule has 0 aromatic rings. The molecule has 0 bridgehead atoms. The predicted molar refractivity (Wildman–Crippen MR) is 74.9 cm³/mol. The number of carbonyl (C=O) groups is 1. The van der Waals surface area contributed by atoms with E-state index >= 15 is 0 Å². The van der Waals surface area contributed by atoms with E-state index in [2.05, 4.69) is 20.8 Å². The van der Waals surface area contributed by atoms with Crippen LogP contribution in [0, 0.1) is 11.3 Å². The predicted octanol–water partition coefficient (Wildman–Crippen LogP) is 3.70. The van der Waals surface area contributed by atoms with E-state index in [4.69, 9.17) is 9.47 Å². The molecule has 4 unspecified atom stereocenters. The summed E-state index contributed by atoms with van der Waals surface area (Å²) in [6.45, 7) is 7.13. The van der Waals surface area contributed by atoms with Crippen molar-refractivity contribution < 1.29 is 14.3 Å². The Hall–Kier alpha value is -0.570. The molecule has 0 aromatic carbocycles. The number of hydrogen-bond acceptors (Lipinski definition) is 3. The number of fused-ring (bicyclic) bond motifs is 1. The number of esters is 1. The third-order valence-electron chi connectivity index (χ3n) is 4.87. The molecule has 1 aliphatic carbocycles. The largest absolute Gasteiger partial charge is 0.465 e. The molecule has 110 valence electrons. The van der Waals surface area contributed by atoms with Crippen molar-refractivity contribution in [3.63, 3.8) is 0 Å². The lowest BCUT2D eigenvalue weighted by atomic mass is 9.80. The first-order valence-corrected chi connectivity index (χ1v) is 7.87. The van der Waals surface area contributed by atoms with Crippen molar-refractivity contribution in [1.82, 2.24) is 0 Å². The minimum absolute atomic E-state index is 0.0170. The Morgan fingerprint density at radius 3 is 2.74 bits per heavy atom. The van der Waals surface area contributed by atoms with E-state index in [0.717, 1.165) is 38.5 Å². The van der Waals surface area contributed by atoms with Crippen LogP contribution >= 0.6 is 0 Å². The van der Waals surface area contributed by atoms with Gasteiger partial charge in [-0.15, -0.1) is 0 Å². The van der Waals surface area contributed by atoms with Crippen LogP contribution in [0.5, 0.6) is 0 Å². The molecule has 1 aliphatic heterocycles. The molecular weight excluding hydrogens is 240 g/mol. The molecule has 0 amide bonds. The standard InChI is InChI=1S/C16H28O3/c1-4-8-16(3,5-2)10-15(17)18-11-12-6-7-13-14(9-12)19-13/h12-14H,4-11H2,1-3H3. The van der Waals surface area contributed by atoms with Crippen LogP contribution in [0.4, 0.5) is 0 Å².